The van der Waals surface area contributed by atoms with Gasteiger partial charge in [0.15, 0.2) is 0 Å². The first-order valence-corrected chi connectivity index (χ1v) is 7.23. The van der Waals surface area contributed by atoms with Crippen molar-refractivity contribution in [2.45, 2.75) is 13.8 Å². The molecule has 2 aromatic carbocycles. The van der Waals surface area contributed by atoms with Crippen molar-refractivity contribution in [3.8, 4) is 5.75 Å². The largest absolute Gasteiger partial charge is 0.493 e. The van der Waals surface area contributed by atoms with Gasteiger partial charge in [0.2, 0.25) is 0 Å². The zero-order chi connectivity index (χ0) is 15.2. The third-order valence-electron chi connectivity index (χ3n) is 2.81. The quantitative estimate of drug-likeness (QED) is 0.874. The van der Waals surface area contributed by atoms with Crippen LogP contribution in [0, 0.1) is 5.92 Å². The predicted molar refractivity (Wildman–Crippen MR) is 86.2 cm³/mol. The van der Waals surface area contributed by atoms with Crippen molar-refractivity contribution in [1.82, 2.24) is 0 Å². The third kappa shape index (κ3) is 4.50. The van der Waals surface area contributed by atoms with Gasteiger partial charge in [-0.25, -0.2) is 0 Å². The van der Waals surface area contributed by atoms with Crippen LogP contribution in [0.25, 0.3) is 0 Å². The molecule has 1 N–H and O–H groups in total. The molecule has 0 aliphatic rings. The average Bonchev–Trinajstić information content (AvgIpc) is 2.47. The molecule has 0 bridgehead atoms. The van der Waals surface area contributed by atoms with Crippen molar-refractivity contribution in [1.29, 1.82) is 0 Å². The van der Waals surface area contributed by atoms with Crippen molar-refractivity contribution in [2.24, 2.45) is 5.92 Å². The Morgan fingerprint density at radius 2 is 1.81 bits per heavy atom. The Hall–Kier alpha value is -2.00. The second-order valence-corrected chi connectivity index (χ2v) is 5.57. The van der Waals surface area contributed by atoms with Gasteiger partial charge in [-0.15, -0.1) is 0 Å². The van der Waals surface area contributed by atoms with Crippen LogP contribution in [-0.2, 0) is 0 Å². The zero-order valence-electron chi connectivity index (χ0n) is 12.1. The molecule has 3 nitrogen and oxygen atoms in total. The fraction of sp³-hybridized carbons (Fsp3) is 0.235. The molecule has 2 aromatic rings. The van der Waals surface area contributed by atoms with Crippen LogP contribution < -0.4 is 10.1 Å². The maximum atomic E-state index is 12.1. The maximum absolute atomic E-state index is 12.1. The van der Waals surface area contributed by atoms with Crippen molar-refractivity contribution in [3.63, 3.8) is 0 Å². The first kappa shape index (κ1) is 15.4. The van der Waals surface area contributed by atoms with Crippen LogP contribution in [-0.4, -0.2) is 12.5 Å². The first-order chi connectivity index (χ1) is 10.1. The van der Waals surface area contributed by atoms with Crippen molar-refractivity contribution >= 4 is 23.2 Å². The normalized spacial score (nSPS) is 10.5. The van der Waals surface area contributed by atoms with E-state index in [0.29, 0.717) is 28.8 Å². The van der Waals surface area contributed by atoms with Crippen LogP contribution in [0.3, 0.4) is 0 Å². The number of carbonyl (C=O) groups is 1. The van der Waals surface area contributed by atoms with Gasteiger partial charge in [-0.05, 0) is 42.3 Å². The summed E-state index contributed by atoms with van der Waals surface area (Å²) >= 11 is 6.00. The minimum absolute atomic E-state index is 0.226. The molecule has 0 fully saturated rings. The number of nitrogens with one attached hydrogen (secondary N) is 1. The van der Waals surface area contributed by atoms with Crippen LogP contribution in [0.4, 0.5) is 5.69 Å². The van der Waals surface area contributed by atoms with E-state index in [1.165, 1.54) is 0 Å². The van der Waals surface area contributed by atoms with Gasteiger partial charge in [0.05, 0.1) is 17.2 Å². The van der Waals surface area contributed by atoms with E-state index in [1.54, 1.807) is 24.3 Å². The van der Waals surface area contributed by atoms with E-state index >= 15 is 0 Å². The highest BCUT2D eigenvalue weighted by atomic mass is 35.5. The molecule has 0 aliphatic carbocycles. The van der Waals surface area contributed by atoms with E-state index in [1.807, 2.05) is 24.3 Å². The van der Waals surface area contributed by atoms with E-state index in [-0.39, 0.29) is 5.91 Å². The van der Waals surface area contributed by atoms with Gasteiger partial charge in [0.25, 0.3) is 5.91 Å². The number of hydrogen-bond acceptors (Lipinski definition) is 2. The summed E-state index contributed by atoms with van der Waals surface area (Å²) in [6.45, 7) is 4.86. The molecule has 0 atom stereocenters. The van der Waals surface area contributed by atoms with Gasteiger partial charge < -0.3 is 10.1 Å². The molecule has 0 spiro atoms. The van der Waals surface area contributed by atoms with Crippen LogP contribution in [0.1, 0.15) is 24.2 Å². The minimum Gasteiger partial charge on any atom is -0.493 e. The highest BCUT2D eigenvalue weighted by Gasteiger charge is 2.09. The lowest BCUT2D eigenvalue weighted by Gasteiger charge is -2.10. The van der Waals surface area contributed by atoms with Crippen LogP contribution in [0.5, 0.6) is 5.75 Å². The van der Waals surface area contributed by atoms with Gasteiger partial charge in [-0.1, -0.05) is 37.6 Å². The lowest BCUT2D eigenvalue weighted by molar-refractivity contribution is 0.102. The van der Waals surface area contributed by atoms with Gasteiger partial charge in [-0.3, -0.25) is 4.79 Å². The Morgan fingerprint density at radius 1 is 1.14 bits per heavy atom. The third-order valence-corrected chi connectivity index (χ3v) is 3.14. The van der Waals surface area contributed by atoms with E-state index in [0.717, 1.165) is 5.75 Å². The second-order valence-electron chi connectivity index (χ2n) is 5.16. The average molecular weight is 304 g/mol. The molecular weight excluding hydrogens is 286 g/mol. The molecule has 4 heteroatoms. The van der Waals surface area contributed by atoms with E-state index in [9.17, 15) is 4.79 Å². The summed E-state index contributed by atoms with van der Waals surface area (Å²) < 4.78 is 5.60. The highest BCUT2D eigenvalue weighted by molar-refractivity contribution is 6.34. The number of benzene rings is 2. The van der Waals surface area contributed by atoms with Gasteiger partial charge >= 0.3 is 0 Å². The fourth-order valence-electron chi connectivity index (χ4n) is 1.74. The lowest BCUT2D eigenvalue weighted by Crippen LogP contribution is -2.12. The van der Waals surface area contributed by atoms with E-state index in [2.05, 4.69) is 19.2 Å². The Labute approximate surface area is 129 Å². The topological polar surface area (TPSA) is 38.3 Å². The van der Waals surface area contributed by atoms with Gasteiger partial charge in [0, 0.05) is 5.69 Å². The number of hydrogen-bond donors (Lipinski definition) is 1. The zero-order valence-corrected chi connectivity index (χ0v) is 12.9. The monoisotopic (exact) mass is 303 g/mol. The van der Waals surface area contributed by atoms with Crippen molar-refractivity contribution in [2.75, 3.05) is 11.9 Å². The number of ether oxygens (including phenoxy) is 1. The molecule has 110 valence electrons. The summed E-state index contributed by atoms with van der Waals surface area (Å²) in [7, 11) is 0. The smallest absolute Gasteiger partial charge is 0.257 e. The van der Waals surface area contributed by atoms with Crippen LogP contribution in [0.15, 0.2) is 48.5 Å². The molecule has 1 amide bonds. The molecule has 0 unspecified atom stereocenters. The Bertz CT molecular complexity index is 608. The lowest BCUT2D eigenvalue weighted by atomic mass is 10.2. The molecule has 0 aromatic heterocycles. The summed E-state index contributed by atoms with van der Waals surface area (Å²) in [6.07, 6.45) is 0. The van der Waals surface area contributed by atoms with E-state index in [4.69, 9.17) is 16.3 Å². The van der Waals surface area contributed by atoms with Gasteiger partial charge in [-0.2, -0.15) is 0 Å². The number of anilines is 1. The number of rotatable bonds is 5. The second kappa shape index (κ2) is 7.14. The van der Waals surface area contributed by atoms with Crippen molar-refractivity contribution in [3.05, 3.63) is 59.1 Å². The summed E-state index contributed by atoms with van der Waals surface area (Å²) in [5, 5.41) is 3.25. The predicted octanol–water partition coefficient (Wildman–Crippen LogP) is 4.63. The SMILES string of the molecule is CC(C)COc1ccc(NC(=O)c2ccccc2Cl)cc1. The Morgan fingerprint density at radius 3 is 2.43 bits per heavy atom. The van der Waals surface area contributed by atoms with E-state index < -0.39 is 0 Å². The molecule has 0 saturated heterocycles. The molecule has 0 heterocycles. The number of halogens is 1. The minimum atomic E-state index is -0.226. The standard InChI is InChI=1S/C17H18ClNO2/c1-12(2)11-21-14-9-7-13(8-10-14)19-17(20)15-5-3-4-6-16(15)18/h3-10,12H,11H2,1-2H3,(H,19,20). The summed E-state index contributed by atoms with van der Waals surface area (Å²) in [5.74, 6) is 1.04. The Kier molecular flexibility index (Phi) is 5.23. The summed E-state index contributed by atoms with van der Waals surface area (Å²) in [4.78, 5) is 12.1. The molecule has 0 saturated carbocycles. The van der Waals surface area contributed by atoms with Crippen molar-refractivity contribution < 1.29 is 9.53 Å². The number of amides is 1. The maximum Gasteiger partial charge on any atom is 0.257 e. The molecular formula is C17H18ClNO2. The summed E-state index contributed by atoms with van der Waals surface area (Å²) in [6, 6.07) is 14.3. The van der Waals surface area contributed by atoms with Crippen LogP contribution in [0.2, 0.25) is 5.02 Å². The molecule has 2 rings (SSSR count). The Balaban J connectivity index is 2.00. The molecule has 0 radical (unpaired) electrons. The summed E-state index contributed by atoms with van der Waals surface area (Å²) in [5.41, 5.74) is 1.16. The fourth-order valence-corrected chi connectivity index (χ4v) is 1.96. The van der Waals surface area contributed by atoms with Crippen LogP contribution >= 0.6 is 11.6 Å². The first-order valence-electron chi connectivity index (χ1n) is 6.85. The molecule has 0 aliphatic heterocycles. The highest BCUT2D eigenvalue weighted by Crippen LogP contribution is 2.19. The van der Waals surface area contributed by atoms with Gasteiger partial charge in [0.1, 0.15) is 5.75 Å². The molecule has 21 heavy (non-hydrogen) atoms. The number of carbonyl (C=O) groups excluding carboxylic acids is 1.